The molecular formula is C16H29N3O. The minimum Gasteiger partial charge on any atom is -0.353 e. The van der Waals surface area contributed by atoms with Crippen molar-refractivity contribution in [1.29, 1.82) is 0 Å². The summed E-state index contributed by atoms with van der Waals surface area (Å²) in [4.78, 5) is 15.0. The standard InChI is InChI=1S/C16H29N3O/c1-10(2)19-7-5-13(6-8-19)18-16(20)14-11-3-4-12(9-11)15(14)17/h10-15H,3-9,17H2,1-2H3,(H,18,20). The van der Waals surface area contributed by atoms with E-state index < -0.39 is 0 Å². The minimum atomic E-state index is 0.0943. The van der Waals surface area contributed by atoms with Crippen LogP contribution in [0.25, 0.3) is 0 Å². The fourth-order valence-corrected chi connectivity index (χ4v) is 4.58. The lowest BCUT2D eigenvalue weighted by molar-refractivity contribution is -0.128. The molecule has 2 saturated carbocycles. The molecule has 4 nitrogen and oxygen atoms in total. The number of fused-ring (bicyclic) bond motifs is 2. The quantitative estimate of drug-likeness (QED) is 0.820. The van der Waals surface area contributed by atoms with Gasteiger partial charge in [-0.2, -0.15) is 0 Å². The average Bonchev–Trinajstić information content (AvgIpc) is 2.99. The number of rotatable bonds is 3. The number of carbonyl (C=O) groups excluding carboxylic acids is 1. The molecule has 4 unspecified atom stereocenters. The predicted octanol–water partition coefficient (Wildman–Crippen LogP) is 1.35. The summed E-state index contributed by atoms with van der Waals surface area (Å²) < 4.78 is 0. The minimum absolute atomic E-state index is 0.0943. The van der Waals surface area contributed by atoms with E-state index in [1.807, 2.05) is 0 Å². The summed E-state index contributed by atoms with van der Waals surface area (Å²) in [6.07, 6.45) is 5.80. The third-order valence-electron chi connectivity index (χ3n) is 5.89. The van der Waals surface area contributed by atoms with Crippen molar-refractivity contribution in [3.8, 4) is 0 Å². The smallest absolute Gasteiger partial charge is 0.225 e. The van der Waals surface area contributed by atoms with Gasteiger partial charge in [-0.05, 0) is 57.8 Å². The molecule has 0 aromatic heterocycles. The van der Waals surface area contributed by atoms with Crippen LogP contribution in [0.15, 0.2) is 0 Å². The molecule has 4 atom stereocenters. The van der Waals surface area contributed by atoms with Gasteiger partial charge in [0.05, 0.1) is 5.92 Å². The summed E-state index contributed by atoms with van der Waals surface area (Å²) in [5.74, 6) is 1.51. The van der Waals surface area contributed by atoms with Gasteiger partial charge >= 0.3 is 0 Å². The second-order valence-electron chi connectivity index (χ2n) is 7.35. The Morgan fingerprint density at radius 1 is 1.15 bits per heavy atom. The molecule has 0 radical (unpaired) electrons. The van der Waals surface area contributed by atoms with Crippen LogP contribution < -0.4 is 11.1 Å². The average molecular weight is 279 g/mol. The molecule has 1 saturated heterocycles. The highest BCUT2D eigenvalue weighted by molar-refractivity contribution is 5.80. The molecule has 4 heteroatoms. The topological polar surface area (TPSA) is 58.4 Å². The van der Waals surface area contributed by atoms with Crippen LogP contribution >= 0.6 is 0 Å². The SMILES string of the molecule is CC(C)N1CCC(NC(=O)C2C3CCC(C3)C2N)CC1. The molecule has 114 valence electrons. The van der Waals surface area contributed by atoms with Crippen molar-refractivity contribution >= 4 is 5.91 Å². The molecule has 3 aliphatic rings. The van der Waals surface area contributed by atoms with Crippen LogP contribution in [0, 0.1) is 17.8 Å². The molecule has 2 bridgehead atoms. The lowest BCUT2D eigenvalue weighted by atomic mass is 9.84. The molecular weight excluding hydrogens is 250 g/mol. The Balaban J connectivity index is 1.50. The van der Waals surface area contributed by atoms with Crippen molar-refractivity contribution in [3.63, 3.8) is 0 Å². The Morgan fingerprint density at radius 3 is 2.35 bits per heavy atom. The first kappa shape index (κ1) is 14.3. The van der Waals surface area contributed by atoms with E-state index in [4.69, 9.17) is 5.73 Å². The fourth-order valence-electron chi connectivity index (χ4n) is 4.58. The van der Waals surface area contributed by atoms with Gasteiger partial charge in [-0.15, -0.1) is 0 Å². The molecule has 0 aromatic rings. The maximum atomic E-state index is 12.5. The van der Waals surface area contributed by atoms with Crippen molar-refractivity contribution in [2.75, 3.05) is 13.1 Å². The highest BCUT2D eigenvalue weighted by Gasteiger charge is 2.49. The summed E-state index contributed by atoms with van der Waals surface area (Å²) in [6, 6.07) is 1.10. The monoisotopic (exact) mass is 279 g/mol. The Kier molecular flexibility index (Phi) is 4.04. The summed E-state index contributed by atoms with van der Waals surface area (Å²) in [5.41, 5.74) is 6.26. The van der Waals surface area contributed by atoms with Crippen LogP contribution in [0.2, 0.25) is 0 Å². The van der Waals surface area contributed by atoms with E-state index in [0.29, 0.717) is 23.9 Å². The lowest BCUT2D eigenvalue weighted by Crippen LogP contribution is -2.51. The van der Waals surface area contributed by atoms with E-state index in [9.17, 15) is 4.79 Å². The van der Waals surface area contributed by atoms with Gasteiger partial charge in [-0.25, -0.2) is 0 Å². The van der Waals surface area contributed by atoms with Gasteiger partial charge in [0, 0.05) is 31.2 Å². The van der Waals surface area contributed by atoms with Gasteiger partial charge in [-0.3, -0.25) is 4.79 Å². The number of amides is 1. The Morgan fingerprint density at radius 2 is 1.80 bits per heavy atom. The van der Waals surface area contributed by atoms with Crippen molar-refractivity contribution in [2.24, 2.45) is 23.5 Å². The second kappa shape index (κ2) is 5.64. The molecule has 3 fully saturated rings. The van der Waals surface area contributed by atoms with Crippen LogP contribution in [0.3, 0.4) is 0 Å². The van der Waals surface area contributed by atoms with E-state index in [-0.39, 0.29) is 17.9 Å². The van der Waals surface area contributed by atoms with Crippen LogP contribution in [-0.2, 0) is 4.79 Å². The van der Waals surface area contributed by atoms with Gasteiger partial charge in [0.15, 0.2) is 0 Å². The number of piperidine rings is 1. The molecule has 3 N–H and O–H groups in total. The van der Waals surface area contributed by atoms with E-state index in [0.717, 1.165) is 25.9 Å². The number of hydrogen-bond acceptors (Lipinski definition) is 3. The molecule has 3 rings (SSSR count). The predicted molar refractivity (Wildman–Crippen MR) is 80.2 cm³/mol. The highest BCUT2D eigenvalue weighted by Crippen LogP contribution is 2.47. The molecule has 2 aliphatic carbocycles. The summed E-state index contributed by atoms with van der Waals surface area (Å²) >= 11 is 0. The second-order valence-corrected chi connectivity index (χ2v) is 7.35. The normalized spacial score (nSPS) is 38.6. The first-order chi connectivity index (χ1) is 9.56. The first-order valence-electron chi connectivity index (χ1n) is 8.36. The Labute approximate surface area is 122 Å². The van der Waals surface area contributed by atoms with Gasteiger partial charge in [-0.1, -0.05) is 0 Å². The summed E-state index contributed by atoms with van der Waals surface area (Å²) in [5, 5.41) is 3.29. The van der Waals surface area contributed by atoms with Crippen molar-refractivity contribution in [1.82, 2.24) is 10.2 Å². The molecule has 1 aliphatic heterocycles. The van der Waals surface area contributed by atoms with Crippen LogP contribution in [0.4, 0.5) is 0 Å². The highest BCUT2D eigenvalue weighted by atomic mass is 16.2. The molecule has 0 aromatic carbocycles. The first-order valence-corrected chi connectivity index (χ1v) is 8.36. The Bertz CT molecular complexity index is 361. The third kappa shape index (κ3) is 2.60. The number of hydrogen-bond donors (Lipinski definition) is 2. The van der Waals surface area contributed by atoms with Crippen molar-refractivity contribution < 1.29 is 4.79 Å². The number of nitrogens with zero attached hydrogens (tertiary/aromatic N) is 1. The van der Waals surface area contributed by atoms with Crippen molar-refractivity contribution in [3.05, 3.63) is 0 Å². The number of nitrogens with two attached hydrogens (primary N) is 1. The zero-order valence-corrected chi connectivity index (χ0v) is 12.8. The molecule has 0 spiro atoms. The number of likely N-dealkylation sites (tertiary alicyclic amines) is 1. The van der Waals surface area contributed by atoms with E-state index in [2.05, 4.69) is 24.1 Å². The fraction of sp³-hybridized carbons (Fsp3) is 0.938. The Hall–Kier alpha value is -0.610. The maximum Gasteiger partial charge on any atom is 0.225 e. The van der Waals surface area contributed by atoms with Gasteiger partial charge < -0.3 is 16.0 Å². The maximum absolute atomic E-state index is 12.5. The number of carbonyl (C=O) groups is 1. The van der Waals surface area contributed by atoms with Crippen molar-refractivity contribution in [2.45, 2.75) is 64.1 Å². The zero-order valence-electron chi connectivity index (χ0n) is 12.8. The summed E-state index contributed by atoms with van der Waals surface area (Å²) in [6.45, 7) is 6.69. The van der Waals surface area contributed by atoms with Crippen LogP contribution in [0.1, 0.15) is 46.0 Å². The van der Waals surface area contributed by atoms with E-state index in [1.54, 1.807) is 0 Å². The third-order valence-corrected chi connectivity index (χ3v) is 5.89. The van der Waals surface area contributed by atoms with E-state index in [1.165, 1.54) is 19.3 Å². The lowest BCUT2D eigenvalue weighted by Gasteiger charge is -2.36. The molecule has 20 heavy (non-hydrogen) atoms. The molecule has 1 heterocycles. The van der Waals surface area contributed by atoms with Gasteiger partial charge in [0.25, 0.3) is 0 Å². The zero-order chi connectivity index (χ0) is 14.3. The van der Waals surface area contributed by atoms with Gasteiger partial charge in [0.1, 0.15) is 0 Å². The molecule has 1 amide bonds. The number of nitrogens with one attached hydrogen (secondary N) is 1. The van der Waals surface area contributed by atoms with Gasteiger partial charge in [0.2, 0.25) is 5.91 Å². The van der Waals surface area contributed by atoms with E-state index >= 15 is 0 Å². The largest absolute Gasteiger partial charge is 0.353 e. The summed E-state index contributed by atoms with van der Waals surface area (Å²) in [7, 11) is 0. The van der Waals surface area contributed by atoms with Crippen LogP contribution in [0.5, 0.6) is 0 Å². The van der Waals surface area contributed by atoms with Crippen LogP contribution in [-0.4, -0.2) is 42.0 Å².